The van der Waals surface area contributed by atoms with Gasteiger partial charge in [-0.05, 0) is 43.2 Å². The molecule has 3 rings (SSSR count). The summed E-state index contributed by atoms with van der Waals surface area (Å²) < 4.78 is 2.27. The Bertz CT molecular complexity index is 654. The Balaban J connectivity index is 2.25. The third-order valence-corrected chi connectivity index (χ3v) is 4.37. The molecule has 0 amide bonds. The van der Waals surface area contributed by atoms with Crippen LogP contribution in [0.4, 0.5) is 0 Å². The van der Waals surface area contributed by atoms with Gasteiger partial charge in [-0.1, -0.05) is 18.2 Å². The fourth-order valence-corrected chi connectivity index (χ4v) is 3.63. The van der Waals surface area contributed by atoms with E-state index in [0.717, 1.165) is 19.3 Å². The summed E-state index contributed by atoms with van der Waals surface area (Å²) in [5.74, 6) is -0.519. The van der Waals surface area contributed by atoms with Crippen molar-refractivity contribution in [3.05, 3.63) is 35.0 Å². The molecule has 1 aliphatic carbocycles. The van der Waals surface area contributed by atoms with Gasteiger partial charge in [0.25, 0.3) is 0 Å². The number of carboxylic acid groups (broad SMARTS) is 1. The van der Waals surface area contributed by atoms with Gasteiger partial charge in [0.2, 0.25) is 0 Å². The van der Waals surface area contributed by atoms with E-state index in [0.29, 0.717) is 0 Å². The zero-order chi connectivity index (χ0) is 13.6. The monoisotopic (exact) mass is 257 g/mol. The van der Waals surface area contributed by atoms with Crippen LogP contribution in [0.15, 0.2) is 18.2 Å². The quantitative estimate of drug-likeness (QED) is 0.896. The first kappa shape index (κ1) is 12.3. The fourth-order valence-electron chi connectivity index (χ4n) is 3.63. The first-order chi connectivity index (χ1) is 9.09. The molecule has 0 spiro atoms. The summed E-state index contributed by atoms with van der Waals surface area (Å²) in [6.07, 6.45) is 3.40. The summed E-state index contributed by atoms with van der Waals surface area (Å²) in [5.41, 5.74) is 5.16. The highest BCUT2D eigenvalue weighted by molar-refractivity contribution is 5.89. The van der Waals surface area contributed by atoms with Crippen LogP contribution in [0.1, 0.15) is 42.0 Å². The minimum absolute atomic E-state index is 0.173. The Morgan fingerprint density at radius 1 is 1.47 bits per heavy atom. The van der Waals surface area contributed by atoms with E-state index in [2.05, 4.69) is 36.7 Å². The second kappa shape index (κ2) is 4.41. The first-order valence-electron chi connectivity index (χ1n) is 6.88. The van der Waals surface area contributed by atoms with E-state index in [-0.39, 0.29) is 12.3 Å². The lowest BCUT2D eigenvalue weighted by atomic mass is 9.83. The number of aliphatic carboxylic acids is 1. The van der Waals surface area contributed by atoms with Crippen molar-refractivity contribution in [1.29, 1.82) is 0 Å². The van der Waals surface area contributed by atoms with Crippen molar-refractivity contribution in [2.75, 3.05) is 0 Å². The van der Waals surface area contributed by atoms with Crippen molar-refractivity contribution >= 4 is 16.9 Å². The van der Waals surface area contributed by atoms with Gasteiger partial charge in [0.1, 0.15) is 0 Å². The van der Waals surface area contributed by atoms with Crippen molar-refractivity contribution in [3.8, 4) is 0 Å². The van der Waals surface area contributed by atoms with Crippen LogP contribution in [0.25, 0.3) is 10.9 Å². The zero-order valence-electron chi connectivity index (χ0n) is 11.4. The average molecular weight is 257 g/mol. The van der Waals surface area contributed by atoms with Crippen molar-refractivity contribution in [3.63, 3.8) is 0 Å². The molecule has 1 atom stereocenters. The molecule has 1 unspecified atom stereocenters. The molecule has 0 fully saturated rings. The van der Waals surface area contributed by atoms with E-state index in [1.54, 1.807) is 0 Å². The molecule has 100 valence electrons. The van der Waals surface area contributed by atoms with E-state index in [4.69, 9.17) is 5.11 Å². The molecule has 0 saturated heterocycles. The highest BCUT2D eigenvalue weighted by atomic mass is 16.4. The van der Waals surface area contributed by atoms with E-state index in [1.165, 1.54) is 27.7 Å². The Hall–Kier alpha value is -1.77. The number of aryl methyl sites for hydroxylation is 2. The standard InChI is InChI=1S/C16H19NO2/c1-10-5-3-7-12-15-11(9-14(18)19)6-4-8-13(15)17(2)16(10)12/h3,5,7,11H,4,6,8-9H2,1-2H3,(H,18,19). The van der Waals surface area contributed by atoms with Gasteiger partial charge in [-0.2, -0.15) is 0 Å². The molecule has 1 aromatic heterocycles. The maximum Gasteiger partial charge on any atom is 0.303 e. The molecule has 19 heavy (non-hydrogen) atoms. The lowest BCUT2D eigenvalue weighted by molar-refractivity contribution is -0.137. The first-order valence-corrected chi connectivity index (χ1v) is 6.88. The van der Waals surface area contributed by atoms with Crippen LogP contribution < -0.4 is 0 Å². The molecule has 0 radical (unpaired) electrons. The predicted octanol–water partition coefficient (Wildman–Crippen LogP) is 3.38. The zero-order valence-corrected chi connectivity index (χ0v) is 11.4. The van der Waals surface area contributed by atoms with Gasteiger partial charge in [0, 0.05) is 18.1 Å². The van der Waals surface area contributed by atoms with E-state index < -0.39 is 5.97 Å². The molecule has 3 nitrogen and oxygen atoms in total. The summed E-state index contributed by atoms with van der Waals surface area (Å²) in [6.45, 7) is 2.12. The van der Waals surface area contributed by atoms with Gasteiger partial charge >= 0.3 is 5.97 Å². The van der Waals surface area contributed by atoms with Crippen molar-refractivity contribution in [2.24, 2.45) is 7.05 Å². The summed E-state index contributed by atoms with van der Waals surface area (Å²) >= 11 is 0. The topological polar surface area (TPSA) is 42.2 Å². The number of nitrogens with zero attached hydrogens (tertiary/aromatic N) is 1. The highest BCUT2D eigenvalue weighted by Crippen LogP contribution is 2.41. The molecule has 0 bridgehead atoms. The van der Waals surface area contributed by atoms with Crippen LogP contribution in [0.3, 0.4) is 0 Å². The summed E-state index contributed by atoms with van der Waals surface area (Å²) in [4.78, 5) is 11.1. The number of carbonyl (C=O) groups is 1. The SMILES string of the molecule is Cc1cccc2c3c(n(C)c12)CCCC3CC(=O)O. The molecule has 1 N–H and O–H groups in total. The number of para-hydroxylation sites is 1. The van der Waals surface area contributed by atoms with Crippen LogP contribution in [-0.2, 0) is 18.3 Å². The molecule has 1 aliphatic rings. The smallest absolute Gasteiger partial charge is 0.303 e. The Morgan fingerprint density at radius 2 is 2.26 bits per heavy atom. The van der Waals surface area contributed by atoms with Gasteiger partial charge in [-0.25, -0.2) is 0 Å². The van der Waals surface area contributed by atoms with Crippen LogP contribution in [0.5, 0.6) is 0 Å². The fraction of sp³-hybridized carbons (Fsp3) is 0.438. The van der Waals surface area contributed by atoms with Gasteiger partial charge in [0.05, 0.1) is 11.9 Å². The minimum Gasteiger partial charge on any atom is -0.481 e. The normalized spacial score (nSPS) is 18.5. The third-order valence-electron chi connectivity index (χ3n) is 4.37. The largest absolute Gasteiger partial charge is 0.481 e. The maximum atomic E-state index is 11.1. The molecule has 1 heterocycles. The maximum absolute atomic E-state index is 11.1. The Morgan fingerprint density at radius 3 is 3.00 bits per heavy atom. The number of carboxylic acids is 1. The molecule has 1 aromatic carbocycles. The van der Waals surface area contributed by atoms with Gasteiger partial charge < -0.3 is 9.67 Å². The average Bonchev–Trinajstić information content (AvgIpc) is 2.65. The molecule has 0 aliphatic heterocycles. The number of aromatic nitrogens is 1. The lowest BCUT2D eigenvalue weighted by Crippen LogP contribution is -2.14. The van der Waals surface area contributed by atoms with E-state index in [9.17, 15) is 4.79 Å². The lowest BCUT2D eigenvalue weighted by Gasteiger charge is -2.22. The van der Waals surface area contributed by atoms with Gasteiger partial charge in [-0.15, -0.1) is 0 Å². The second-order valence-corrected chi connectivity index (χ2v) is 5.58. The van der Waals surface area contributed by atoms with Gasteiger partial charge in [0.15, 0.2) is 0 Å². The molecular formula is C16H19NO2. The molecule has 0 saturated carbocycles. The number of fused-ring (bicyclic) bond motifs is 3. The highest BCUT2D eigenvalue weighted by Gasteiger charge is 2.28. The molecule has 2 aromatic rings. The van der Waals surface area contributed by atoms with Crippen LogP contribution in [-0.4, -0.2) is 15.6 Å². The predicted molar refractivity (Wildman–Crippen MR) is 75.6 cm³/mol. The van der Waals surface area contributed by atoms with E-state index >= 15 is 0 Å². The van der Waals surface area contributed by atoms with Gasteiger partial charge in [-0.3, -0.25) is 4.79 Å². The van der Waals surface area contributed by atoms with Crippen molar-refractivity contribution < 1.29 is 9.90 Å². The van der Waals surface area contributed by atoms with Crippen molar-refractivity contribution in [2.45, 2.75) is 38.5 Å². The number of benzene rings is 1. The summed E-state index contributed by atoms with van der Waals surface area (Å²) in [7, 11) is 2.11. The van der Waals surface area contributed by atoms with E-state index in [1.807, 2.05) is 0 Å². The number of rotatable bonds is 2. The molecule has 3 heteroatoms. The third kappa shape index (κ3) is 1.84. The summed E-state index contributed by atoms with van der Waals surface area (Å²) in [6, 6.07) is 6.34. The van der Waals surface area contributed by atoms with Crippen LogP contribution in [0, 0.1) is 6.92 Å². The number of hydrogen-bond donors (Lipinski definition) is 1. The van der Waals surface area contributed by atoms with Crippen LogP contribution in [0.2, 0.25) is 0 Å². The van der Waals surface area contributed by atoms with Crippen molar-refractivity contribution in [1.82, 2.24) is 4.57 Å². The Labute approximate surface area is 112 Å². The number of hydrogen-bond acceptors (Lipinski definition) is 1. The minimum atomic E-state index is -0.692. The summed E-state index contributed by atoms with van der Waals surface area (Å²) in [5, 5.41) is 10.4. The second-order valence-electron chi connectivity index (χ2n) is 5.58. The van der Waals surface area contributed by atoms with Crippen LogP contribution >= 0.6 is 0 Å². The molecular weight excluding hydrogens is 238 g/mol. The Kier molecular flexibility index (Phi) is 2.85.